The molecule has 9 heteroatoms. The average Bonchev–Trinajstić information content (AvgIpc) is 3.06. The second-order valence-electron chi connectivity index (χ2n) is 10.8. The maximum absolute atomic E-state index is 13.5. The number of ether oxygens (including phenoxy) is 4. The lowest BCUT2D eigenvalue weighted by Crippen LogP contribution is -2.63. The predicted molar refractivity (Wildman–Crippen MR) is 122 cm³/mol. The van der Waals surface area contributed by atoms with Crippen molar-refractivity contribution in [1.29, 1.82) is 0 Å². The Balaban J connectivity index is 1.71. The van der Waals surface area contributed by atoms with Crippen LogP contribution in [0.25, 0.3) is 0 Å². The Morgan fingerprint density at radius 2 is 1.71 bits per heavy atom. The Hall–Kier alpha value is -2.42. The third kappa shape index (κ3) is 3.96. The standard InChI is InChI=1S/C26H36O9/c1-5-32-22(30)34-21(29)26(35-23(31)33-6-2)12-10-18-17-8-7-15-13-16(27)9-11-24(15,3)20(17)19(28)14-25(18,26)4/h13,17-20,28H,5-12,14H2,1-4H3/t17?,18?,19-,20?,24-,25-,26+/m0/s1. The molecule has 7 atom stereocenters. The first-order valence-electron chi connectivity index (χ1n) is 12.7. The number of fused-ring (bicyclic) bond motifs is 5. The predicted octanol–water partition coefficient (Wildman–Crippen LogP) is 4.10. The van der Waals surface area contributed by atoms with Crippen molar-refractivity contribution in [3.05, 3.63) is 11.6 Å². The first-order valence-corrected chi connectivity index (χ1v) is 12.7. The fourth-order valence-corrected chi connectivity index (χ4v) is 7.81. The number of ketones is 1. The van der Waals surface area contributed by atoms with E-state index in [4.69, 9.17) is 18.9 Å². The molecule has 0 saturated heterocycles. The summed E-state index contributed by atoms with van der Waals surface area (Å²) in [7, 11) is 0. The first-order chi connectivity index (χ1) is 16.5. The van der Waals surface area contributed by atoms with Crippen LogP contribution in [0.3, 0.4) is 0 Å². The van der Waals surface area contributed by atoms with Gasteiger partial charge in [-0.3, -0.25) is 4.79 Å². The summed E-state index contributed by atoms with van der Waals surface area (Å²) in [5.74, 6) is -0.938. The maximum atomic E-state index is 13.5. The van der Waals surface area contributed by atoms with Crippen LogP contribution < -0.4 is 0 Å². The molecule has 0 heterocycles. The van der Waals surface area contributed by atoms with Crippen LogP contribution in [0.4, 0.5) is 9.59 Å². The Morgan fingerprint density at radius 3 is 2.40 bits per heavy atom. The number of hydrogen-bond acceptors (Lipinski definition) is 9. The van der Waals surface area contributed by atoms with Crippen molar-refractivity contribution in [3.63, 3.8) is 0 Å². The number of esters is 1. The average molecular weight is 493 g/mol. The van der Waals surface area contributed by atoms with Crippen molar-refractivity contribution >= 4 is 24.1 Å². The van der Waals surface area contributed by atoms with Gasteiger partial charge in [-0.05, 0) is 81.6 Å². The number of allylic oxidation sites excluding steroid dienone is 1. The molecule has 3 saturated carbocycles. The lowest BCUT2D eigenvalue weighted by atomic mass is 9.45. The van der Waals surface area contributed by atoms with Crippen LogP contribution in [0.5, 0.6) is 0 Å². The van der Waals surface area contributed by atoms with Crippen LogP contribution >= 0.6 is 0 Å². The molecule has 3 unspecified atom stereocenters. The number of carbonyl (C=O) groups excluding carboxylic acids is 4. The van der Waals surface area contributed by atoms with Gasteiger partial charge in [0.15, 0.2) is 5.78 Å². The fraction of sp³-hybridized carbons (Fsp3) is 0.769. The first kappa shape index (κ1) is 25.7. The van der Waals surface area contributed by atoms with Crippen LogP contribution in [0.1, 0.15) is 72.6 Å². The van der Waals surface area contributed by atoms with Gasteiger partial charge in [0.2, 0.25) is 5.60 Å². The van der Waals surface area contributed by atoms with E-state index in [-0.39, 0.29) is 55.0 Å². The van der Waals surface area contributed by atoms with E-state index < -0.39 is 35.4 Å². The van der Waals surface area contributed by atoms with Gasteiger partial charge in [-0.1, -0.05) is 19.4 Å². The zero-order chi connectivity index (χ0) is 25.6. The lowest BCUT2D eigenvalue weighted by molar-refractivity contribution is -0.200. The number of hydrogen-bond donors (Lipinski definition) is 1. The molecule has 0 spiro atoms. The number of carbonyl (C=O) groups is 4. The molecule has 0 bridgehead atoms. The van der Waals surface area contributed by atoms with Gasteiger partial charge in [0.25, 0.3) is 0 Å². The number of aliphatic hydroxyl groups is 1. The molecule has 194 valence electrons. The fourth-order valence-electron chi connectivity index (χ4n) is 7.81. The molecule has 0 aliphatic heterocycles. The normalized spacial score (nSPS) is 39.9. The molecule has 35 heavy (non-hydrogen) atoms. The molecule has 0 aromatic carbocycles. The highest BCUT2D eigenvalue weighted by Gasteiger charge is 2.72. The summed E-state index contributed by atoms with van der Waals surface area (Å²) in [5.41, 5.74) is -1.96. The van der Waals surface area contributed by atoms with Crippen molar-refractivity contribution in [3.8, 4) is 0 Å². The highest BCUT2D eigenvalue weighted by molar-refractivity contribution is 5.92. The third-order valence-electron chi connectivity index (χ3n) is 9.30. The number of rotatable bonds is 4. The minimum atomic E-state index is -1.79. The quantitative estimate of drug-likeness (QED) is 0.456. The molecule has 4 aliphatic rings. The largest absolute Gasteiger partial charge is 0.516 e. The maximum Gasteiger partial charge on any atom is 0.516 e. The molecule has 0 aromatic heterocycles. The van der Waals surface area contributed by atoms with E-state index in [1.807, 2.05) is 6.92 Å². The molecule has 1 N–H and O–H groups in total. The van der Waals surface area contributed by atoms with E-state index in [0.29, 0.717) is 19.3 Å². The zero-order valence-corrected chi connectivity index (χ0v) is 21.0. The molecule has 0 aromatic rings. The summed E-state index contributed by atoms with van der Waals surface area (Å²) in [5, 5.41) is 11.6. The summed E-state index contributed by atoms with van der Waals surface area (Å²) >= 11 is 0. The molecule has 9 nitrogen and oxygen atoms in total. The van der Waals surface area contributed by atoms with Crippen molar-refractivity contribution in [2.24, 2.45) is 28.6 Å². The van der Waals surface area contributed by atoms with Crippen LogP contribution in [-0.2, 0) is 28.5 Å². The molecule has 4 rings (SSSR count). The summed E-state index contributed by atoms with van der Waals surface area (Å²) in [6, 6.07) is 0. The Kier molecular flexibility index (Phi) is 6.76. The van der Waals surface area contributed by atoms with Crippen LogP contribution in [-0.4, -0.2) is 54.1 Å². The topological polar surface area (TPSA) is 125 Å². The number of aliphatic hydroxyl groups excluding tert-OH is 1. The molecule has 4 aliphatic carbocycles. The van der Waals surface area contributed by atoms with E-state index in [0.717, 1.165) is 18.4 Å². The van der Waals surface area contributed by atoms with E-state index in [1.165, 1.54) is 0 Å². The molecule has 0 amide bonds. The van der Waals surface area contributed by atoms with E-state index >= 15 is 0 Å². The summed E-state index contributed by atoms with van der Waals surface area (Å²) in [6.45, 7) is 7.28. The SMILES string of the molecule is CCOC(=O)OC(=O)[C@]1(OC(=O)OCC)CCC2C3CCC4=CC(=O)CC[C@]4(C)C3[C@@H](O)C[C@@]21C. The third-order valence-corrected chi connectivity index (χ3v) is 9.30. The Labute approximate surface area is 205 Å². The summed E-state index contributed by atoms with van der Waals surface area (Å²) in [6.07, 6.45) is 2.37. The summed E-state index contributed by atoms with van der Waals surface area (Å²) < 4.78 is 20.5. The molecule has 0 radical (unpaired) electrons. The minimum Gasteiger partial charge on any atom is -0.435 e. The van der Waals surface area contributed by atoms with Crippen molar-refractivity contribution in [1.82, 2.24) is 0 Å². The van der Waals surface area contributed by atoms with E-state index in [1.54, 1.807) is 19.9 Å². The minimum absolute atomic E-state index is 0.0249. The Morgan fingerprint density at radius 1 is 1.03 bits per heavy atom. The van der Waals surface area contributed by atoms with Gasteiger partial charge >= 0.3 is 18.3 Å². The lowest BCUT2D eigenvalue weighted by Gasteiger charge is -2.60. The van der Waals surface area contributed by atoms with Gasteiger partial charge in [0, 0.05) is 11.8 Å². The monoisotopic (exact) mass is 492 g/mol. The van der Waals surface area contributed by atoms with E-state index in [9.17, 15) is 24.3 Å². The zero-order valence-electron chi connectivity index (χ0n) is 21.0. The van der Waals surface area contributed by atoms with Gasteiger partial charge in [-0.2, -0.15) is 0 Å². The second kappa shape index (κ2) is 9.22. The van der Waals surface area contributed by atoms with Crippen LogP contribution in [0.15, 0.2) is 11.6 Å². The van der Waals surface area contributed by atoms with Gasteiger partial charge < -0.3 is 24.1 Å². The summed E-state index contributed by atoms with van der Waals surface area (Å²) in [4.78, 5) is 50.1. The van der Waals surface area contributed by atoms with Gasteiger partial charge in [-0.15, -0.1) is 0 Å². The van der Waals surface area contributed by atoms with Gasteiger partial charge in [-0.25, -0.2) is 14.4 Å². The smallest absolute Gasteiger partial charge is 0.435 e. The van der Waals surface area contributed by atoms with Crippen molar-refractivity contribution < 1.29 is 43.2 Å². The van der Waals surface area contributed by atoms with Gasteiger partial charge in [0.05, 0.1) is 19.3 Å². The van der Waals surface area contributed by atoms with Crippen molar-refractivity contribution in [2.45, 2.75) is 84.3 Å². The molecular weight excluding hydrogens is 456 g/mol. The highest BCUT2D eigenvalue weighted by atomic mass is 16.8. The van der Waals surface area contributed by atoms with E-state index in [2.05, 4.69) is 6.92 Å². The highest BCUT2D eigenvalue weighted by Crippen LogP contribution is 2.68. The Bertz CT molecular complexity index is 941. The molecular formula is C26H36O9. The van der Waals surface area contributed by atoms with Crippen molar-refractivity contribution in [2.75, 3.05) is 13.2 Å². The van der Waals surface area contributed by atoms with Gasteiger partial charge in [0.1, 0.15) is 0 Å². The van der Waals surface area contributed by atoms with Crippen LogP contribution in [0, 0.1) is 28.6 Å². The van der Waals surface area contributed by atoms with Crippen LogP contribution in [0.2, 0.25) is 0 Å². The second-order valence-corrected chi connectivity index (χ2v) is 10.8. The molecule has 3 fully saturated rings.